The lowest BCUT2D eigenvalue weighted by molar-refractivity contribution is -0.128. The van der Waals surface area contributed by atoms with Gasteiger partial charge in [-0.05, 0) is 12.5 Å². The van der Waals surface area contributed by atoms with Crippen LogP contribution in [-0.4, -0.2) is 54.3 Å². The van der Waals surface area contributed by atoms with Gasteiger partial charge in [-0.3, -0.25) is 9.59 Å². The van der Waals surface area contributed by atoms with E-state index >= 15 is 0 Å². The number of nitrogens with zero attached hydrogens (tertiary/aromatic N) is 2. The van der Waals surface area contributed by atoms with Crippen molar-refractivity contribution in [2.75, 3.05) is 32.7 Å². The van der Waals surface area contributed by atoms with E-state index in [1.165, 1.54) is 11.3 Å². The molecule has 0 aliphatic carbocycles. The molecule has 2 heterocycles. The fraction of sp³-hybridized carbons (Fsp3) is 0.467. The summed E-state index contributed by atoms with van der Waals surface area (Å²) in [5.74, 6) is 5.80. The highest BCUT2D eigenvalue weighted by atomic mass is 32.1. The number of nitrogens with two attached hydrogens (primary N) is 1. The lowest BCUT2D eigenvalue weighted by atomic mass is 10.2. The summed E-state index contributed by atoms with van der Waals surface area (Å²) in [5.41, 5.74) is 6.00. The van der Waals surface area contributed by atoms with Crippen LogP contribution in [0.3, 0.4) is 0 Å². The molecule has 6 heteroatoms. The Bertz CT molecular complexity index is 585. The molecule has 1 aromatic rings. The second kappa shape index (κ2) is 7.25. The zero-order chi connectivity index (χ0) is 15.2. The van der Waals surface area contributed by atoms with Gasteiger partial charge in [0.1, 0.15) is 0 Å². The van der Waals surface area contributed by atoms with Gasteiger partial charge in [0, 0.05) is 38.5 Å². The van der Waals surface area contributed by atoms with Crippen LogP contribution in [0.1, 0.15) is 28.6 Å². The van der Waals surface area contributed by atoms with Crippen molar-refractivity contribution in [3.8, 4) is 11.8 Å². The van der Waals surface area contributed by atoms with Crippen LogP contribution in [0.15, 0.2) is 11.4 Å². The number of rotatable bonds is 1. The van der Waals surface area contributed by atoms with E-state index in [0.717, 1.165) is 17.8 Å². The van der Waals surface area contributed by atoms with Crippen LogP contribution in [-0.2, 0) is 4.79 Å². The average Bonchev–Trinajstić information content (AvgIpc) is 2.79. The molecule has 2 amide bonds. The molecule has 1 saturated heterocycles. The van der Waals surface area contributed by atoms with Gasteiger partial charge >= 0.3 is 0 Å². The molecular weight excluding hydrogens is 286 g/mol. The van der Waals surface area contributed by atoms with Gasteiger partial charge in [0.25, 0.3) is 5.91 Å². The van der Waals surface area contributed by atoms with Crippen LogP contribution < -0.4 is 5.73 Å². The van der Waals surface area contributed by atoms with Crippen molar-refractivity contribution >= 4 is 23.2 Å². The van der Waals surface area contributed by atoms with Crippen molar-refractivity contribution in [3.63, 3.8) is 0 Å². The fourth-order valence-corrected chi connectivity index (χ4v) is 3.02. The molecule has 0 radical (unpaired) electrons. The lowest BCUT2D eigenvalue weighted by Crippen LogP contribution is -2.36. The Morgan fingerprint density at radius 3 is 2.71 bits per heavy atom. The first kappa shape index (κ1) is 15.5. The predicted octanol–water partition coefficient (Wildman–Crippen LogP) is 0.753. The van der Waals surface area contributed by atoms with E-state index in [4.69, 9.17) is 5.73 Å². The molecule has 0 bridgehead atoms. The van der Waals surface area contributed by atoms with Crippen molar-refractivity contribution in [2.45, 2.75) is 13.3 Å². The van der Waals surface area contributed by atoms with Crippen molar-refractivity contribution in [3.05, 3.63) is 21.9 Å². The molecular formula is C15H19N3O2S. The third-order valence-electron chi connectivity index (χ3n) is 3.39. The van der Waals surface area contributed by atoms with Gasteiger partial charge < -0.3 is 15.5 Å². The van der Waals surface area contributed by atoms with Gasteiger partial charge in [-0.15, -0.1) is 11.3 Å². The third kappa shape index (κ3) is 4.06. The minimum absolute atomic E-state index is 0.0115. The van der Waals surface area contributed by atoms with E-state index in [2.05, 4.69) is 11.8 Å². The number of hydrogen-bond acceptors (Lipinski definition) is 4. The Labute approximate surface area is 128 Å². The second-order valence-corrected chi connectivity index (χ2v) is 5.77. The highest BCUT2D eigenvalue weighted by Gasteiger charge is 2.21. The van der Waals surface area contributed by atoms with Crippen LogP contribution in [0.25, 0.3) is 0 Å². The standard InChI is InChI=1S/C15H19N3O2S/c1-12(19)17-6-3-7-18(9-8-17)15(20)13-10-14(21-11-13)4-2-5-16/h10-11H,3,5-9,16H2,1H3. The van der Waals surface area contributed by atoms with E-state index in [9.17, 15) is 9.59 Å². The van der Waals surface area contributed by atoms with Crippen molar-refractivity contribution in [1.29, 1.82) is 0 Å². The Hall–Kier alpha value is -1.84. The van der Waals surface area contributed by atoms with Crippen LogP contribution in [0.4, 0.5) is 0 Å². The van der Waals surface area contributed by atoms with E-state index in [-0.39, 0.29) is 11.8 Å². The number of thiophene rings is 1. The van der Waals surface area contributed by atoms with Gasteiger partial charge in [-0.25, -0.2) is 0 Å². The highest BCUT2D eigenvalue weighted by Crippen LogP contribution is 2.16. The van der Waals surface area contributed by atoms with Crippen LogP contribution in [0, 0.1) is 11.8 Å². The zero-order valence-electron chi connectivity index (χ0n) is 12.1. The number of carbonyl (C=O) groups excluding carboxylic acids is 2. The predicted molar refractivity (Wildman–Crippen MR) is 83.0 cm³/mol. The molecule has 0 aromatic carbocycles. The quantitative estimate of drug-likeness (QED) is 0.779. The maximum Gasteiger partial charge on any atom is 0.254 e. The topological polar surface area (TPSA) is 66.6 Å². The van der Waals surface area contributed by atoms with Crippen molar-refractivity contribution < 1.29 is 9.59 Å². The SMILES string of the molecule is CC(=O)N1CCCN(C(=O)c2csc(C#CCN)c2)CC1. The van der Waals surface area contributed by atoms with Gasteiger partial charge in [0.2, 0.25) is 5.91 Å². The van der Waals surface area contributed by atoms with E-state index in [0.29, 0.717) is 31.7 Å². The van der Waals surface area contributed by atoms with E-state index in [1.54, 1.807) is 11.8 Å². The monoisotopic (exact) mass is 305 g/mol. The molecule has 5 nitrogen and oxygen atoms in total. The molecule has 1 fully saturated rings. The average molecular weight is 305 g/mol. The van der Waals surface area contributed by atoms with E-state index in [1.807, 2.05) is 16.3 Å². The maximum atomic E-state index is 12.5. The summed E-state index contributed by atoms with van der Waals surface area (Å²) < 4.78 is 0. The molecule has 1 aliphatic heterocycles. The molecule has 21 heavy (non-hydrogen) atoms. The van der Waals surface area contributed by atoms with Gasteiger partial charge in [0.15, 0.2) is 0 Å². The molecule has 2 rings (SSSR count). The summed E-state index contributed by atoms with van der Waals surface area (Å²) in [6.45, 7) is 4.47. The van der Waals surface area contributed by atoms with Gasteiger partial charge in [0.05, 0.1) is 17.0 Å². The summed E-state index contributed by atoms with van der Waals surface area (Å²) >= 11 is 1.45. The molecule has 112 valence electrons. The molecule has 0 unspecified atom stereocenters. The number of hydrogen-bond donors (Lipinski definition) is 1. The first-order valence-electron chi connectivity index (χ1n) is 6.94. The first-order chi connectivity index (χ1) is 10.1. The summed E-state index contributed by atoms with van der Waals surface area (Å²) in [6, 6.07) is 1.81. The van der Waals surface area contributed by atoms with Gasteiger partial charge in [-0.1, -0.05) is 11.8 Å². The van der Waals surface area contributed by atoms with Crippen molar-refractivity contribution in [2.24, 2.45) is 5.73 Å². The molecule has 0 atom stereocenters. The van der Waals surface area contributed by atoms with Crippen molar-refractivity contribution in [1.82, 2.24) is 9.80 Å². The maximum absolute atomic E-state index is 12.5. The minimum Gasteiger partial charge on any atom is -0.341 e. The normalized spacial score (nSPS) is 15.1. The molecule has 1 aromatic heterocycles. The van der Waals surface area contributed by atoms with Crippen LogP contribution >= 0.6 is 11.3 Å². The smallest absolute Gasteiger partial charge is 0.254 e. The fourth-order valence-electron chi connectivity index (χ4n) is 2.27. The van der Waals surface area contributed by atoms with Crippen LogP contribution in [0.2, 0.25) is 0 Å². The Kier molecular flexibility index (Phi) is 5.37. The Balaban J connectivity index is 2.02. The lowest BCUT2D eigenvalue weighted by Gasteiger charge is -2.20. The molecule has 1 aliphatic rings. The number of amides is 2. The number of carbonyl (C=O) groups is 2. The first-order valence-corrected chi connectivity index (χ1v) is 7.82. The summed E-state index contributed by atoms with van der Waals surface area (Å²) in [4.78, 5) is 28.3. The third-order valence-corrected chi connectivity index (χ3v) is 4.23. The summed E-state index contributed by atoms with van der Waals surface area (Å²) in [6.07, 6.45) is 0.815. The Morgan fingerprint density at radius 2 is 2.00 bits per heavy atom. The molecule has 0 spiro atoms. The molecule has 2 N–H and O–H groups in total. The largest absolute Gasteiger partial charge is 0.341 e. The summed E-state index contributed by atoms with van der Waals surface area (Å²) in [5, 5.41) is 1.83. The van der Waals surface area contributed by atoms with Crippen LogP contribution in [0.5, 0.6) is 0 Å². The highest BCUT2D eigenvalue weighted by molar-refractivity contribution is 7.10. The van der Waals surface area contributed by atoms with Gasteiger partial charge in [-0.2, -0.15) is 0 Å². The second-order valence-electron chi connectivity index (χ2n) is 4.86. The zero-order valence-corrected chi connectivity index (χ0v) is 12.9. The summed E-state index contributed by atoms with van der Waals surface area (Å²) in [7, 11) is 0. The van der Waals surface area contributed by atoms with E-state index < -0.39 is 0 Å². The Morgan fingerprint density at radius 1 is 1.29 bits per heavy atom. The molecule has 0 saturated carbocycles. The minimum atomic E-state index is 0.0115.